The van der Waals surface area contributed by atoms with Gasteiger partial charge in [0.2, 0.25) is 20.0 Å². The lowest BCUT2D eigenvalue weighted by Crippen LogP contribution is -2.34. The molecule has 0 saturated heterocycles. The first-order valence-electron chi connectivity index (χ1n) is 3.65. The zero-order valence-electron chi connectivity index (χ0n) is 7.90. The zero-order valence-corrected chi connectivity index (χ0v) is 11.1. The fourth-order valence-corrected chi connectivity index (χ4v) is 2.38. The van der Waals surface area contributed by atoms with Crippen LogP contribution >= 0.6 is 15.9 Å². The van der Waals surface area contributed by atoms with E-state index >= 15 is 0 Å². The van der Waals surface area contributed by atoms with Gasteiger partial charge >= 0.3 is 0 Å². The number of hydrogen-bond donors (Lipinski definition) is 1. The zero-order chi connectivity index (χ0) is 11.4. The normalized spacial score (nSPS) is 13.4. The number of halogens is 1. The third-order valence-corrected chi connectivity index (χ3v) is 5.95. The fraction of sp³-hybridized carbons (Fsp3) is 1.00. The van der Waals surface area contributed by atoms with E-state index in [9.17, 15) is 16.8 Å². The molecule has 0 aliphatic rings. The highest BCUT2D eigenvalue weighted by Gasteiger charge is 2.15. The average molecular weight is 309 g/mol. The van der Waals surface area contributed by atoms with Crippen molar-refractivity contribution < 1.29 is 16.8 Å². The monoisotopic (exact) mass is 308 g/mol. The number of hydrogen-bond acceptors (Lipinski definition) is 4. The van der Waals surface area contributed by atoms with Crippen LogP contribution in [0, 0.1) is 0 Å². The van der Waals surface area contributed by atoms with E-state index in [0.29, 0.717) is 0 Å². The summed E-state index contributed by atoms with van der Waals surface area (Å²) in [6.45, 7) is -0.117. The minimum atomic E-state index is -3.38. The summed E-state index contributed by atoms with van der Waals surface area (Å²) in [5.74, 6) is -0.244. The largest absolute Gasteiger partial charge is 0.221 e. The Bertz CT molecular complexity index is 361. The predicted molar refractivity (Wildman–Crippen MR) is 58.2 cm³/mol. The first kappa shape index (κ1) is 14.3. The van der Waals surface area contributed by atoms with Gasteiger partial charge in [0, 0.05) is 20.6 Å². The van der Waals surface area contributed by atoms with Crippen molar-refractivity contribution in [2.24, 2.45) is 0 Å². The van der Waals surface area contributed by atoms with Crippen molar-refractivity contribution in [3.8, 4) is 0 Å². The molecule has 0 fully saturated rings. The molecule has 0 heterocycles. The van der Waals surface area contributed by atoms with E-state index in [1.165, 1.54) is 14.1 Å². The SMILES string of the molecule is CN(C)S(=O)(=O)CCNS(=O)(=O)CBr. The van der Waals surface area contributed by atoms with E-state index in [1.54, 1.807) is 0 Å². The van der Waals surface area contributed by atoms with Gasteiger partial charge in [0.15, 0.2) is 0 Å². The molecule has 0 rings (SSSR count). The molecule has 0 radical (unpaired) electrons. The quantitative estimate of drug-likeness (QED) is 0.648. The smallest absolute Gasteiger partial charge is 0.213 e. The summed E-state index contributed by atoms with van der Waals surface area (Å²) in [7, 11) is -3.93. The number of nitrogens with zero attached hydrogens (tertiary/aromatic N) is 1. The Kier molecular flexibility index (Phi) is 5.52. The Labute approximate surface area is 92.9 Å². The molecule has 0 unspecified atom stereocenters. The van der Waals surface area contributed by atoms with Gasteiger partial charge in [-0.15, -0.1) is 0 Å². The highest BCUT2D eigenvalue weighted by atomic mass is 79.9. The van der Waals surface area contributed by atoms with Crippen LogP contribution in [-0.2, 0) is 20.0 Å². The molecule has 9 heteroatoms. The summed E-state index contributed by atoms with van der Waals surface area (Å²) in [6, 6.07) is 0. The molecule has 0 aromatic carbocycles. The second-order valence-electron chi connectivity index (χ2n) is 2.72. The molecule has 6 nitrogen and oxygen atoms in total. The maximum atomic E-state index is 11.2. The molecule has 86 valence electrons. The molecule has 0 amide bonds. The van der Waals surface area contributed by atoms with Crippen molar-refractivity contribution in [2.45, 2.75) is 0 Å². The van der Waals surface area contributed by atoms with Gasteiger partial charge in [0.25, 0.3) is 0 Å². The first-order valence-corrected chi connectivity index (χ1v) is 8.03. The van der Waals surface area contributed by atoms with E-state index in [4.69, 9.17) is 0 Å². The summed E-state index contributed by atoms with van der Waals surface area (Å²) in [4.78, 5) is 0. The lowest BCUT2D eigenvalue weighted by Gasteiger charge is -2.11. The maximum absolute atomic E-state index is 11.2. The van der Waals surface area contributed by atoms with Crippen molar-refractivity contribution in [3.05, 3.63) is 0 Å². The minimum absolute atomic E-state index is 0.117. The van der Waals surface area contributed by atoms with Crippen LogP contribution in [0.1, 0.15) is 0 Å². The van der Waals surface area contributed by atoms with Crippen LogP contribution in [0.25, 0.3) is 0 Å². The molecule has 0 aliphatic heterocycles. The van der Waals surface area contributed by atoms with Crippen molar-refractivity contribution in [1.82, 2.24) is 9.03 Å². The molecule has 14 heavy (non-hydrogen) atoms. The van der Waals surface area contributed by atoms with Crippen molar-refractivity contribution in [1.29, 1.82) is 0 Å². The van der Waals surface area contributed by atoms with Crippen LogP contribution in [0.2, 0.25) is 0 Å². The fourth-order valence-electron chi connectivity index (χ4n) is 0.547. The Morgan fingerprint density at radius 2 is 1.71 bits per heavy atom. The molecule has 0 spiro atoms. The van der Waals surface area contributed by atoms with Crippen molar-refractivity contribution >= 4 is 36.0 Å². The van der Waals surface area contributed by atoms with Crippen LogP contribution < -0.4 is 4.72 Å². The van der Waals surface area contributed by atoms with Gasteiger partial charge in [-0.2, -0.15) is 0 Å². The van der Waals surface area contributed by atoms with Gasteiger partial charge in [0.1, 0.15) is 4.66 Å². The molecule has 0 aromatic rings. The Hall–Kier alpha value is 0.300. The number of nitrogens with one attached hydrogen (secondary N) is 1. The van der Waals surface area contributed by atoms with Gasteiger partial charge in [-0.1, -0.05) is 15.9 Å². The summed E-state index contributed by atoms with van der Waals surface area (Å²) >= 11 is 2.77. The van der Waals surface area contributed by atoms with E-state index in [2.05, 4.69) is 20.7 Å². The first-order chi connectivity index (χ1) is 6.21. The summed E-state index contributed by atoms with van der Waals surface area (Å²) in [6.07, 6.45) is 0. The Morgan fingerprint density at radius 1 is 1.21 bits per heavy atom. The minimum Gasteiger partial charge on any atom is -0.213 e. The van der Waals surface area contributed by atoms with E-state index < -0.39 is 20.0 Å². The molecule has 0 aromatic heterocycles. The lowest BCUT2D eigenvalue weighted by atomic mass is 10.8. The highest BCUT2D eigenvalue weighted by molar-refractivity contribution is 9.10. The maximum Gasteiger partial charge on any atom is 0.221 e. The van der Waals surface area contributed by atoms with Gasteiger partial charge in [-0.05, 0) is 0 Å². The number of alkyl halides is 1. The van der Waals surface area contributed by atoms with Gasteiger partial charge in [0.05, 0.1) is 5.75 Å². The molecular formula is C5H13BrN2O4S2. The topological polar surface area (TPSA) is 83.6 Å². The predicted octanol–water partition coefficient (Wildman–Crippen LogP) is -0.850. The van der Waals surface area contributed by atoms with Crippen LogP contribution in [0.15, 0.2) is 0 Å². The van der Waals surface area contributed by atoms with Crippen LogP contribution in [0.4, 0.5) is 0 Å². The highest BCUT2D eigenvalue weighted by Crippen LogP contribution is 1.94. The molecule has 1 N–H and O–H groups in total. The van der Waals surface area contributed by atoms with Crippen LogP contribution in [0.5, 0.6) is 0 Å². The molecule has 0 saturated carbocycles. The third-order valence-electron chi connectivity index (χ3n) is 1.38. The second-order valence-corrected chi connectivity index (χ2v) is 8.13. The lowest BCUT2D eigenvalue weighted by molar-refractivity contribution is 0.519. The summed E-state index contributed by atoms with van der Waals surface area (Å²) in [5, 5.41) is 0. The van der Waals surface area contributed by atoms with Crippen LogP contribution in [0.3, 0.4) is 0 Å². The molecular weight excluding hydrogens is 296 g/mol. The Balaban J connectivity index is 4.12. The third kappa shape index (κ3) is 5.25. The Morgan fingerprint density at radius 3 is 2.07 bits per heavy atom. The van der Waals surface area contributed by atoms with Crippen molar-refractivity contribution in [3.63, 3.8) is 0 Å². The van der Waals surface area contributed by atoms with Gasteiger partial charge < -0.3 is 0 Å². The number of sulfonamides is 2. The second kappa shape index (κ2) is 5.40. The van der Waals surface area contributed by atoms with Gasteiger partial charge in [-0.3, -0.25) is 0 Å². The summed E-state index contributed by atoms with van der Waals surface area (Å²) < 4.78 is 47.1. The number of rotatable bonds is 6. The summed E-state index contributed by atoms with van der Waals surface area (Å²) in [5.41, 5.74) is 0. The standard InChI is InChI=1S/C5H13BrN2O4S2/c1-8(2)14(11,12)4-3-7-13(9,10)5-6/h7H,3-5H2,1-2H3. The van der Waals surface area contributed by atoms with Crippen LogP contribution in [-0.4, -0.2) is 52.2 Å². The van der Waals surface area contributed by atoms with Crippen molar-refractivity contribution in [2.75, 3.05) is 31.1 Å². The molecule has 0 bridgehead atoms. The molecule has 0 aliphatic carbocycles. The van der Waals surface area contributed by atoms with E-state index in [-0.39, 0.29) is 17.0 Å². The van der Waals surface area contributed by atoms with E-state index in [1.807, 2.05) is 0 Å². The van der Waals surface area contributed by atoms with E-state index in [0.717, 1.165) is 4.31 Å². The average Bonchev–Trinajstić information content (AvgIpc) is 2.03. The molecule has 0 atom stereocenters. The van der Waals surface area contributed by atoms with Gasteiger partial charge in [-0.25, -0.2) is 25.9 Å².